The molecule has 4 nitrogen and oxygen atoms in total. The van der Waals surface area contributed by atoms with Gasteiger partial charge in [-0.1, -0.05) is 11.6 Å². The topological polar surface area (TPSA) is 57.6 Å². The lowest BCUT2D eigenvalue weighted by molar-refractivity contribution is -0.137. The molecule has 2 rings (SSSR count). The SMILES string of the molecule is CC1=C(C)C(=O)N(CCCC2=CC(O)CC2)C1=O. The summed E-state index contributed by atoms with van der Waals surface area (Å²) < 4.78 is 0. The highest BCUT2D eigenvalue weighted by Gasteiger charge is 2.32. The van der Waals surface area contributed by atoms with Crippen molar-refractivity contribution in [1.82, 2.24) is 4.90 Å². The molecule has 4 heteroatoms. The summed E-state index contributed by atoms with van der Waals surface area (Å²) in [4.78, 5) is 24.9. The maximum Gasteiger partial charge on any atom is 0.256 e. The summed E-state index contributed by atoms with van der Waals surface area (Å²) in [6.45, 7) is 3.87. The monoisotopic (exact) mass is 249 g/mol. The molecule has 1 unspecified atom stereocenters. The Balaban J connectivity index is 1.84. The predicted molar refractivity (Wildman–Crippen MR) is 67.7 cm³/mol. The molecule has 0 aromatic rings. The molecule has 1 N–H and O–H groups in total. The summed E-state index contributed by atoms with van der Waals surface area (Å²) >= 11 is 0. The second-order valence-corrected chi connectivity index (χ2v) is 5.05. The van der Waals surface area contributed by atoms with E-state index in [0.29, 0.717) is 17.7 Å². The first-order chi connectivity index (χ1) is 8.50. The predicted octanol–water partition coefficient (Wildman–Crippen LogP) is 1.55. The van der Waals surface area contributed by atoms with Crippen LogP contribution in [0.3, 0.4) is 0 Å². The number of hydrogen-bond donors (Lipinski definition) is 1. The van der Waals surface area contributed by atoms with Crippen LogP contribution in [0.15, 0.2) is 22.8 Å². The van der Waals surface area contributed by atoms with E-state index in [-0.39, 0.29) is 17.9 Å². The van der Waals surface area contributed by atoms with Crippen LogP contribution in [0, 0.1) is 0 Å². The average molecular weight is 249 g/mol. The number of hydrogen-bond acceptors (Lipinski definition) is 3. The number of amides is 2. The minimum atomic E-state index is -0.304. The van der Waals surface area contributed by atoms with Crippen LogP contribution in [0.4, 0.5) is 0 Å². The second-order valence-electron chi connectivity index (χ2n) is 5.05. The smallest absolute Gasteiger partial charge is 0.256 e. The highest BCUT2D eigenvalue weighted by molar-refractivity contribution is 6.18. The summed E-state index contributed by atoms with van der Waals surface area (Å²) in [6.07, 6.45) is 4.95. The highest BCUT2D eigenvalue weighted by atomic mass is 16.3. The minimum absolute atomic E-state index is 0.155. The van der Waals surface area contributed by atoms with Gasteiger partial charge in [0.05, 0.1) is 6.10 Å². The lowest BCUT2D eigenvalue weighted by Gasteiger charge is -2.14. The molecule has 0 saturated carbocycles. The van der Waals surface area contributed by atoms with Crippen molar-refractivity contribution in [3.63, 3.8) is 0 Å². The lowest BCUT2D eigenvalue weighted by Crippen LogP contribution is -2.32. The van der Waals surface area contributed by atoms with Gasteiger partial charge < -0.3 is 5.11 Å². The van der Waals surface area contributed by atoms with Gasteiger partial charge in [-0.3, -0.25) is 14.5 Å². The Bertz CT molecular complexity index is 424. The fourth-order valence-corrected chi connectivity index (χ4v) is 2.47. The molecule has 0 spiro atoms. The molecular formula is C14H19NO3. The first-order valence-corrected chi connectivity index (χ1v) is 6.42. The largest absolute Gasteiger partial charge is 0.389 e. The molecule has 98 valence electrons. The second kappa shape index (κ2) is 5.06. The van der Waals surface area contributed by atoms with Crippen LogP contribution < -0.4 is 0 Å². The van der Waals surface area contributed by atoms with Crippen LogP contribution >= 0.6 is 0 Å². The summed E-state index contributed by atoms with van der Waals surface area (Å²) in [5.74, 6) is -0.309. The molecular weight excluding hydrogens is 230 g/mol. The van der Waals surface area contributed by atoms with Gasteiger partial charge in [-0.25, -0.2) is 0 Å². The number of aliphatic hydroxyl groups is 1. The summed E-state index contributed by atoms with van der Waals surface area (Å²) in [6, 6.07) is 0. The van der Waals surface area contributed by atoms with E-state index in [1.54, 1.807) is 13.8 Å². The van der Waals surface area contributed by atoms with Gasteiger partial charge in [-0.15, -0.1) is 0 Å². The maximum absolute atomic E-state index is 11.8. The van der Waals surface area contributed by atoms with Crippen LogP contribution in [-0.2, 0) is 9.59 Å². The van der Waals surface area contributed by atoms with Gasteiger partial charge in [-0.2, -0.15) is 0 Å². The molecule has 1 atom stereocenters. The quantitative estimate of drug-likeness (QED) is 0.607. The molecule has 0 aromatic heterocycles. The fourth-order valence-electron chi connectivity index (χ4n) is 2.47. The Morgan fingerprint density at radius 2 is 1.89 bits per heavy atom. The third-order valence-corrected chi connectivity index (χ3v) is 3.76. The van der Waals surface area contributed by atoms with Crippen molar-refractivity contribution in [2.75, 3.05) is 6.54 Å². The third kappa shape index (κ3) is 2.38. The molecule has 0 radical (unpaired) electrons. The number of rotatable bonds is 4. The van der Waals surface area contributed by atoms with Crippen molar-refractivity contribution in [2.24, 2.45) is 0 Å². The summed E-state index contributed by atoms with van der Waals surface area (Å²) in [5, 5.41) is 9.36. The Morgan fingerprint density at radius 1 is 1.28 bits per heavy atom. The molecule has 1 aliphatic carbocycles. The Hall–Kier alpha value is -1.42. The standard InChI is InChI=1S/C14H19NO3/c1-9-10(2)14(18)15(13(9)17)7-3-4-11-5-6-12(16)8-11/h8,12,16H,3-7H2,1-2H3. The van der Waals surface area contributed by atoms with Gasteiger partial charge in [0, 0.05) is 17.7 Å². The normalized spacial score (nSPS) is 24.3. The lowest BCUT2D eigenvalue weighted by atomic mass is 10.1. The zero-order chi connectivity index (χ0) is 13.3. The Morgan fingerprint density at radius 3 is 2.39 bits per heavy atom. The number of imide groups is 1. The van der Waals surface area contributed by atoms with E-state index >= 15 is 0 Å². The first-order valence-electron chi connectivity index (χ1n) is 6.42. The third-order valence-electron chi connectivity index (χ3n) is 3.76. The summed E-state index contributed by atoms with van der Waals surface area (Å²) in [5.41, 5.74) is 2.37. The van der Waals surface area contributed by atoms with Crippen LogP contribution in [0.5, 0.6) is 0 Å². The number of carbonyl (C=O) groups excluding carboxylic acids is 2. The fraction of sp³-hybridized carbons (Fsp3) is 0.571. The van der Waals surface area contributed by atoms with E-state index in [0.717, 1.165) is 25.7 Å². The van der Waals surface area contributed by atoms with E-state index in [4.69, 9.17) is 0 Å². The average Bonchev–Trinajstić information content (AvgIpc) is 2.83. The molecule has 1 heterocycles. The van der Waals surface area contributed by atoms with Crippen LogP contribution in [-0.4, -0.2) is 34.5 Å². The highest BCUT2D eigenvalue weighted by Crippen LogP contribution is 2.24. The van der Waals surface area contributed by atoms with Crippen LogP contribution in [0.1, 0.15) is 39.5 Å². The number of nitrogens with zero attached hydrogens (tertiary/aromatic N) is 1. The van der Waals surface area contributed by atoms with Gasteiger partial charge in [-0.05, 0) is 39.5 Å². The molecule has 0 bridgehead atoms. The van der Waals surface area contributed by atoms with Gasteiger partial charge in [0.25, 0.3) is 11.8 Å². The number of carbonyl (C=O) groups is 2. The number of aliphatic hydroxyl groups excluding tert-OH is 1. The molecule has 0 fully saturated rings. The molecule has 2 aliphatic rings. The van der Waals surface area contributed by atoms with Gasteiger partial charge in [0.2, 0.25) is 0 Å². The van der Waals surface area contributed by atoms with E-state index in [1.165, 1.54) is 10.5 Å². The molecule has 18 heavy (non-hydrogen) atoms. The zero-order valence-electron chi connectivity index (χ0n) is 10.9. The first kappa shape index (κ1) is 13.0. The molecule has 2 amide bonds. The minimum Gasteiger partial charge on any atom is -0.389 e. The zero-order valence-corrected chi connectivity index (χ0v) is 10.9. The van der Waals surface area contributed by atoms with Crippen molar-refractivity contribution in [3.05, 3.63) is 22.8 Å². The molecule has 1 aliphatic heterocycles. The van der Waals surface area contributed by atoms with Crippen molar-refractivity contribution < 1.29 is 14.7 Å². The number of allylic oxidation sites excluding steroid dienone is 1. The van der Waals surface area contributed by atoms with E-state index in [1.807, 2.05) is 6.08 Å². The van der Waals surface area contributed by atoms with Crippen molar-refractivity contribution in [3.8, 4) is 0 Å². The Labute approximate surface area is 107 Å². The Kier molecular flexibility index (Phi) is 3.66. The van der Waals surface area contributed by atoms with Crippen molar-refractivity contribution in [2.45, 2.75) is 45.6 Å². The van der Waals surface area contributed by atoms with Gasteiger partial charge in [0.1, 0.15) is 0 Å². The molecule has 0 aromatic carbocycles. The summed E-state index contributed by atoms with van der Waals surface area (Å²) in [7, 11) is 0. The van der Waals surface area contributed by atoms with Crippen molar-refractivity contribution in [1.29, 1.82) is 0 Å². The van der Waals surface area contributed by atoms with E-state index < -0.39 is 0 Å². The van der Waals surface area contributed by atoms with Crippen LogP contribution in [0.25, 0.3) is 0 Å². The van der Waals surface area contributed by atoms with Crippen LogP contribution in [0.2, 0.25) is 0 Å². The van der Waals surface area contributed by atoms with Crippen molar-refractivity contribution >= 4 is 11.8 Å². The van der Waals surface area contributed by atoms with E-state index in [2.05, 4.69) is 0 Å². The maximum atomic E-state index is 11.8. The van der Waals surface area contributed by atoms with Gasteiger partial charge in [0.15, 0.2) is 0 Å². The van der Waals surface area contributed by atoms with E-state index in [9.17, 15) is 14.7 Å². The molecule has 0 saturated heterocycles. The van der Waals surface area contributed by atoms with Gasteiger partial charge >= 0.3 is 0 Å².